The second kappa shape index (κ2) is 7.02. The number of carbonyl (C=O) groups excluding carboxylic acids is 2. The van der Waals surface area contributed by atoms with Gasteiger partial charge in [0.25, 0.3) is 0 Å². The van der Waals surface area contributed by atoms with Crippen molar-refractivity contribution in [2.75, 3.05) is 18.8 Å². The predicted molar refractivity (Wildman–Crippen MR) is 102 cm³/mol. The molecule has 1 amide bonds. The third kappa shape index (κ3) is 3.79. The van der Waals surface area contributed by atoms with Crippen LogP contribution in [-0.2, 0) is 9.53 Å². The van der Waals surface area contributed by atoms with E-state index in [1.165, 1.54) is 6.08 Å². The van der Waals surface area contributed by atoms with E-state index in [0.29, 0.717) is 24.0 Å². The van der Waals surface area contributed by atoms with Crippen LogP contribution < -0.4 is 5.73 Å². The van der Waals surface area contributed by atoms with Gasteiger partial charge in [-0.25, -0.2) is 9.78 Å². The lowest BCUT2D eigenvalue weighted by Crippen LogP contribution is -2.40. The monoisotopic (exact) mass is 371 g/mol. The lowest BCUT2D eigenvalue weighted by molar-refractivity contribution is -0.127. The molecule has 3 rings (SSSR count). The smallest absolute Gasteiger partial charge is 0.360 e. The third-order valence-electron chi connectivity index (χ3n) is 4.47. The molecule has 1 saturated heterocycles. The average Bonchev–Trinajstić information content (AvgIpc) is 3.01. The summed E-state index contributed by atoms with van der Waals surface area (Å²) in [7, 11) is 0. The number of nitrogen functional groups attached to an aromatic ring is 1. The average molecular weight is 371 g/mol. The highest BCUT2D eigenvalue weighted by molar-refractivity contribution is 6.06. The van der Waals surface area contributed by atoms with E-state index in [-0.39, 0.29) is 23.5 Å². The molecular formula is C19H25N5O3. The van der Waals surface area contributed by atoms with Crippen LogP contribution in [-0.4, -0.2) is 50.2 Å². The highest BCUT2D eigenvalue weighted by Gasteiger charge is 2.30. The quantitative estimate of drug-likeness (QED) is 0.656. The Bertz CT molecular complexity index is 897. The van der Waals surface area contributed by atoms with Crippen LogP contribution in [0.1, 0.15) is 50.1 Å². The van der Waals surface area contributed by atoms with Gasteiger partial charge in [0.15, 0.2) is 5.69 Å². The first-order chi connectivity index (χ1) is 12.7. The van der Waals surface area contributed by atoms with Crippen LogP contribution in [0.3, 0.4) is 0 Å². The number of fused-ring (bicyclic) bond motifs is 1. The number of likely N-dealkylation sites (tertiary alicyclic amines) is 1. The van der Waals surface area contributed by atoms with Crippen molar-refractivity contribution in [3.05, 3.63) is 30.6 Å². The number of pyridine rings is 1. The molecule has 2 aromatic rings. The summed E-state index contributed by atoms with van der Waals surface area (Å²) < 4.78 is 7.26. The molecule has 1 atom stereocenters. The van der Waals surface area contributed by atoms with Gasteiger partial charge >= 0.3 is 5.97 Å². The fourth-order valence-corrected chi connectivity index (χ4v) is 3.34. The largest absolute Gasteiger partial charge is 0.455 e. The maximum absolute atomic E-state index is 12.7. The van der Waals surface area contributed by atoms with Gasteiger partial charge < -0.3 is 15.4 Å². The second-order valence-corrected chi connectivity index (χ2v) is 7.67. The number of ether oxygens (including phenoxy) is 1. The number of nitrogens with zero attached hydrogens (tertiary/aromatic N) is 4. The molecule has 0 aliphatic carbocycles. The normalized spacial score (nSPS) is 17.7. The Kier molecular flexibility index (Phi) is 4.91. The van der Waals surface area contributed by atoms with Gasteiger partial charge in [0.1, 0.15) is 11.4 Å². The van der Waals surface area contributed by atoms with E-state index in [4.69, 9.17) is 10.5 Å². The molecule has 1 aliphatic rings. The topological polar surface area (TPSA) is 103 Å². The summed E-state index contributed by atoms with van der Waals surface area (Å²) in [5.74, 6) is -0.417. The minimum Gasteiger partial charge on any atom is -0.455 e. The first kappa shape index (κ1) is 18.9. The van der Waals surface area contributed by atoms with Crippen molar-refractivity contribution in [3.63, 3.8) is 0 Å². The molecule has 0 bridgehead atoms. The van der Waals surface area contributed by atoms with Gasteiger partial charge in [-0.15, -0.1) is 0 Å². The molecular weight excluding hydrogens is 346 g/mol. The first-order valence-electron chi connectivity index (χ1n) is 8.98. The highest BCUT2D eigenvalue weighted by atomic mass is 16.6. The summed E-state index contributed by atoms with van der Waals surface area (Å²) >= 11 is 0. The van der Waals surface area contributed by atoms with Crippen molar-refractivity contribution in [1.29, 1.82) is 0 Å². The SMILES string of the molecule is C=CC(=O)N1CCCC(n2nc(C(=O)OC(C)(C)C)c3c(N)nccc32)C1. The standard InChI is InChI=1S/C19H25N5O3/c1-5-14(25)23-10-6-7-12(11-23)24-13-8-9-21-17(20)15(13)16(22-24)18(26)27-19(2,3)4/h5,8-9,12H,1,6-7,10-11H2,2-4H3,(H2,20,21). The number of rotatable bonds is 3. The molecule has 3 heterocycles. The fraction of sp³-hybridized carbons (Fsp3) is 0.474. The van der Waals surface area contributed by atoms with Crippen LogP contribution in [0.25, 0.3) is 10.9 Å². The van der Waals surface area contributed by atoms with Crippen molar-refractivity contribution < 1.29 is 14.3 Å². The van der Waals surface area contributed by atoms with Gasteiger partial charge in [-0.3, -0.25) is 9.48 Å². The highest BCUT2D eigenvalue weighted by Crippen LogP contribution is 2.30. The van der Waals surface area contributed by atoms with Crippen LogP contribution in [0.4, 0.5) is 5.82 Å². The van der Waals surface area contributed by atoms with Gasteiger partial charge in [-0.1, -0.05) is 6.58 Å². The van der Waals surface area contributed by atoms with E-state index in [1.807, 2.05) is 0 Å². The zero-order chi connectivity index (χ0) is 19.8. The van der Waals surface area contributed by atoms with Crippen molar-refractivity contribution in [2.45, 2.75) is 45.3 Å². The molecule has 2 aromatic heterocycles. The number of hydrogen-bond donors (Lipinski definition) is 1. The third-order valence-corrected chi connectivity index (χ3v) is 4.47. The summed E-state index contributed by atoms with van der Waals surface area (Å²) in [4.78, 5) is 30.5. The van der Waals surface area contributed by atoms with Gasteiger partial charge in [0, 0.05) is 19.3 Å². The summed E-state index contributed by atoms with van der Waals surface area (Å²) in [5.41, 5.74) is 6.26. The van der Waals surface area contributed by atoms with Gasteiger partial charge in [-0.2, -0.15) is 5.10 Å². The molecule has 8 heteroatoms. The molecule has 0 aromatic carbocycles. The molecule has 0 radical (unpaired) electrons. The summed E-state index contributed by atoms with van der Waals surface area (Å²) in [5, 5.41) is 5.02. The predicted octanol–water partition coefficient (Wildman–Crippen LogP) is 2.32. The zero-order valence-corrected chi connectivity index (χ0v) is 15.9. The number of nitrogens with two attached hydrogens (primary N) is 1. The number of amides is 1. The van der Waals surface area contributed by atoms with Gasteiger partial charge in [-0.05, 0) is 45.8 Å². The Hall–Kier alpha value is -2.90. The molecule has 8 nitrogen and oxygen atoms in total. The molecule has 144 valence electrons. The van der Waals surface area contributed by atoms with Crippen LogP contribution in [0.2, 0.25) is 0 Å². The number of piperidine rings is 1. The Morgan fingerprint density at radius 2 is 2.15 bits per heavy atom. The van der Waals surface area contributed by atoms with Crippen LogP contribution >= 0.6 is 0 Å². The summed E-state index contributed by atoms with van der Waals surface area (Å²) in [6.07, 6.45) is 4.59. The summed E-state index contributed by atoms with van der Waals surface area (Å²) in [6.45, 7) is 10.1. The van der Waals surface area contributed by atoms with Crippen molar-refractivity contribution in [2.24, 2.45) is 0 Å². The second-order valence-electron chi connectivity index (χ2n) is 7.67. The first-order valence-corrected chi connectivity index (χ1v) is 8.98. The van der Waals surface area contributed by atoms with E-state index in [0.717, 1.165) is 12.8 Å². The van der Waals surface area contributed by atoms with E-state index in [9.17, 15) is 9.59 Å². The van der Waals surface area contributed by atoms with Crippen molar-refractivity contribution in [3.8, 4) is 0 Å². The Morgan fingerprint density at radius 3 is 2.81 bits per heavy atom. The van der Waals surface area contributed by atoms with Crippen LogP contribution in [0.15, 0.2) is 24.9 Å². The van der Waals surface area contributed by atoms with E-state index < -0.39 is 11.6 Å². The molecule has 1 unspecified atom stereocenters. The number of esters is 1. The lowest BCUT2D eigenvalue weighted by atomic mass is 10.1. The van der Waals surface area contributed by atoms with Gasteiger partial charge in [0.05, 0.1) is 16.9 Å². The van der Waals surface area contributed by atoms with Gasteiger partial charge in [0.2, 0.25) is 5.91 Å². The number of anilines is 1. The van der Waals surface area contributed by atoms with Crippen molar-refractivity contribution >= 4 is 28.6 Å². The number of aromatic nitrogens is 3. The lowest BCUT2D eigenvalue weighted by Gasteiger charge is -2.32. The van der Waals surface area contributed by atoms with E-state index in [2.05, 4.69) is 16.7 Å². The van der Waals surface area contributed by atoms with E-state index >= 15 is 0 Å². The minimum absolute atomic E-state index is 0.0665. The number of carbonyl (C=O) groups is 2. The molecule has 2 N–H and O–H groups in total. The van der Waals surface area contributed by atoms with Crippen molar-refractivity contribution in [1.82, 2.24) is 19.7 Å². The Labute approximate surface area is 158 Å². The Morgan fingerprint density at radius 1 is 1.41 bits per heavy atom. The van der Waals surface area contributed by atoms with E-state index in [1.54, 1.807) is 42.6 Å². The van der Waals surface area contributed by atoms with Crippen LogP contribution in [0, 0.1) is 0 Å². The maximum atomic E-state index is 12.7. The molecule has 27 heavy (non-hydrogen) atoms. The molecule has 0 spiro atoms. The molecule has 1 aliphatic heterocycles. The Balaban J connectivity index is 2.04. The zero-order valence-electron chi connectivity index (χ0n) is 15.9. The maximum Gasteiger partial charge on any atom is 0.360 e. The summed E-state index contributed by atoms with van der Waals surface area (Å²) in [6, 6.07) is 1.71. The molecule has 0 saturated carbocycles. The minimum atomic E-state index is -0.651. The number of hydrogen-bond acceptors (Lipinski definition) is 6. The van der Waals surface area contributed by atoms with Crippen LogP contribution in [0.5, 0.6) is 0 Å². The molecule has 1 fully saturated rings. The fourth-order valence-electron chi connectivity index (χ4n) is 3.34.